The molecule has 0 N–H and O–H groups in total. The largest absolute Gasteiger partial charge is 0.352 e. The van der Waals surface area contributed by atoms with E-state index >= 15 is 0 Å². The van der Waals surface area contributed by atoms with Gasteiger partial charge in [-0.3, -0.25) is 0 Å². The van der Waals surface area contributed by atoms with Crippen LogP contribution in [0, 0.1) is 0 Å². The minimum absolute atomic E-state index is 0.428. The van der Waals surface area contributed by atoms with Crippen molar-refractivity contribution in [2.45, 2.75) is 33.2 Å². The number of anilines is 1. The van der Waals surface area contributed by atoms with Crippen LogP contribution in [0.5, 0.6) is 0 Å². The summed E-state index contributed by atoms with van der Waals surface area (Å²) in [6.45, 7) is 8.56. The molecule has 0 spiro atoms. The molecule has 20 heavy (non-hydrogen) atoms. The lowest BCUT2D eigenvalue weighted by molar-refractivity contribution is 0.407. The summed E-state index contributed by atoms with van der Waals surface area (Å²) in [5.74, 6) is 2.02. The molecule has 5 heteroatoms. The first-order valence-corrected chi connectivity index (χ1v) is 8.06. The molecule has 2 aromatic rings. The van der Waals surface area contributed by atoms with Crippen molar-refractivity contribution in [3.05, 3.63) is 17.3 Å². The summed E-state index contributed by atoms with van der Waals surface area (Å²) in [7, 11) is 4.21. The average Bonchev–Trinajstić information content (AvgIpc) is 2.85. The number of hydrogen-bond acceptors (Lipinski definition) is 5. The molecule has 2 heterocycles. The van der Waals surface area contributed by atoms with Crippen LogP contribution in [0.4, 0.5) is 5.82 Å². The molecule has 0 aliphatic rings. The number of fused-ring (bicyclic) bond motifs is 1. The van der Waals surface area contributed by atoms with E-state index in [1.54, 1.807) is 11.3 Å². The van der Waals surface area contributed by atoms with Gasteiger partial charge in [-0.1, -0.05) is 6.92 Å². The van der Waals surface area contributed by atoms with E-state index in [1.165, 1.54) is 5.39 Å². The molecule has 0 bridgehead atoms. The Bertz CT molecular complexity index is 562. The maximum atomic E-state index is 4.79. The molecule has 0 radical (unpaired) electrons. The Balaban J connectivity index is 2.43. The Hall–Kier alpha value is -1.20. The van der Waals surface area contributed by atoms with E-state index in [0.29, 0.717) is 6.04 Å². The summed E-state index contributed by atoms with van der Waals surface area (Å²) in [5.41, 5.74) is 0. The lowest BCUT2D eigenvalue weighted by Gasteiger charge is -2.30. The highest BCUT2D eigenvalue weighted by atomic mass is 32.1. The molecule has 0 saturated heterocycles. The zero-order valence-corrected chi connectivity index (χ0v) is 13.9. The lowest BCUT2D eigenvalue weighted by atomic mass is 10.2. The van der Waals surface area contributed by atoms with Gasteiger partial charge in [0.1, 0.15) is 16.5 Å². The van der Waals surface area contributed by atoms with Crippen LogP contribution < -0.4 is 4.90 Å². The fraction of sp³-hybridized carbons (Fsp3) is 0.600. The molecule has 0 atom stereocenters. The van der Waals surface area contributed by atoms with Gasteiger partial charge < -0.3 is 9.80 Å². The molecule has 110 valence electrons. The van der Waals surface area contributed by atoms with Gasteiger partial charge in [-0.05, 0) is 39.4 Å². The molecule has 4 nitrogen and oxygen atoms in total. The van der Waals surface area contributed by atoms with E-state index in [1.807, 2.05) is 0 Å². The van der Waals surface area contributed by atoms with Crippen molar-refractivity contribution in [3.8, 4) is 0 Å². The number of aromatic nitrogens is 2. The van der Waals surface area contributed by atoms with Gasteiger partial charge in [0.2, 0.25) is 0 Å². The molecular weight excluding hydrogens is 268 g/mol. The normalized spacial score (nSPS) is 11.8. The minimum Gasteiger partial charge on any atom is -0.352 e. The Labute approximate surface area is 125 Å². The van der Waals surface area contributed by atoms with Crippen molar-refractivity contribution >= 4 is 27.4 Å². The smallest absolute Gasteiger partial charge is 0.141 e. The first kappa shape index (κ1) is 15.2. The molecule has 2 rings (SSSR count). The van der Waals surface area contributed by atoms with Gasteiger partial charge >= 0.3 is 0 Å². The molecule has 0 aliphatic heterocycles. The van der Waals surface area contributed by atoms with Gasteiger partial charge in [-0.25, -0.2) is 9.97 Å². The van der Waals surface area contributed by atoms with E-state index < -0.39 is 0 Å². The number of aryl methyl sites for hydroxylation is 1. The van der Waals surface area contributed by atoms with Crippen LogP contribution >= 0.6 is 11.3 Å². The lowest BCUT2D eigenvalue weighted by Crippen LogP contribution is -2.37. The molecular formula is C15H24N4S. The van der Waals surface area contributed by atoms with E-state index in [-0.39, 0.29) is 0 Å². The first-order chi connectivity index (χ1) is 9.52. The number of hydrogen-bond donors (Lipinski definition) is 0. The van der Waals surface area contributed by atoms with Crippen LogP contribution in [0.1, 0.15) is 26.6 Å². The van der Waals surface area contributed by atoms with Gasteiger partial charge in [0.25, 0.3) is 0 Å². The zero-order chi connectivity index (χ0) is 14.7. The molecule has 0 unspecified atom stereocenters. The second-order valence-corrected chi connectivity index (χ2v) is 6.44. The predicted molar refractivity (Wildman–Crippen MR) is 87.8 cm³/mol. The quantitative estimate of drug-likeness (QED) is 0.819. The summed E-state index contributed by atoms with van der Waals surface area (Å²) in [4.78, 5) is 15.1. The molecule has 0 aliphatic carbocycles. The average molecular weight is 292 g/mol. The Morgan fingerprint density at radius 2 is 1.95 bits per heavy atom. The highest BCUT2D eigenvalue weighted by Crippen LogP contribution is 2.29. The Kier molecular flexibility index (Phi) is 4.94. The topological polar surface area (TPSA) is 32.3 Å². The first-order valence-electron chi connectivity index (χ1n) is 7.18. The molecule has 0 aromatic carbocycles. The van der Waals surface area contributed by atoms with Gasteiger partial charge in [0.15, 0.2) is 0 Å². The second-order valence-electron chi connectivity index (χ2n) is 5.55. The molecule has 0 saturated carbocycles. The SMILES string of the molecule is CCc1nc(N(CCN(C)C)C(C)C)c2ccsc2n1. The monoisotopic (exact) mass is 292 g/mol. The number of rotatable bonds is 6. The van der Waals surface area contributed by atoms with Gasteiger partial charge in [0, 0.05) is 25.6 Å². The summed E-state index contributed by atoms with van der Waals surface area (Å²) >= 11 is 1.70. The van der Waals surface area contributed by atoms with Crippen molar-refractivity contribution in [3.63, 3.8) is 0 Å². The van der Waals surface area contributed by atoms with E-state index in [2.05, 4.69) is 61.1 Å². The molecule has 0 amide bonds. The van der Waals surface area contributed by atoms with Crippen LogP contribution in [0.2, 0.25) is 0 Å². The standard InChI is InChI=1S/C15H24N4S/c1-6-13-16-14(12-7-10-20-15(12)17-13)19(11(2)3)9-8-18(4)5/h7,10-11H,6,8-9H2,1-5H3. The Morgan fingerprint density at radius 1 is 1.20 bits per heavy atom. The van der Waals surface area contributed by atoms with E-state index in [0.717, 1.165) is 36.0 Å². The maximum absolute atomic E-state index is 4.79. The number of nitrogens with zero attached hydrogens (tertiary/aromatic N) is 4. The van der Waals surface area contributed by atoms with Crippen molar-refractivity contribution in [2.24, 2.45) is 0 Å². The third-order valence-corrected chi connectivity index (χ3v) is 4.16. The van der Waals surface area contributed by atoms with Crippen LogP contribution in [-0.2, 0) is 6.42 Å². The zero-order valence-electron chi connectivity index (χ0n) is 13.1. The number of likely N-dealkylation sites (N-methyl/N-ethyl adjacent to an activating group) is 1. The van der Waals surface area contributed by atoms with Crippen LogP contribution in [0.3, 0.4) is 0 Å². The van der Waals surface area contributed by atoms with Crippen LogP contribution in [0.15, 0.2) is 11.4 Å². The summed E-state index contributed by atoms with van der Waals surface area (Å²) in [5, 5.41) is 3.28. The highest BCUT2D eigenvalue weighted by molar-refractivity contribution is 7.16. The van der Waals surface area contributed by atoms with Gasteiger partial charge in [-0.15, -0.1) is 11.3 Å². The maximum Gasteiger partial charge on any atom is 0.141 e. The summed E-state index contributed by atoms with van der Waals surface area (Å²) < 4.78 is 0. The van der Waals surface area contributed by atoms with Crippen molar-refractivity contribution < 1.29 is 0 Å². The third-order valence-electron chi connectivity index (χ3n) is 3.35. The predicted octanol–water partition coefficient (Wildman–Crippen LogP) is 3.03. The molecule has 2 aromatic heterocycles. The fourth-order valence-corrected chi connectivity index (χ4v) is 2.95. The number of thiophene rings is 1. The van der Waals surface area contributed by atoms with Crippen LogP contribution in [0.25, 0.3) is 10.2 Å². The van der Waals surface area contributed by atoms with Crippen molar-refractivity contribution in [1.29, 1.82) is 0 Å². The Morgan fingerprint density at radius 3 is 2.55 bits per heavy atom. The third kappa shape index (κ3) is 3.27. The highest BCUT2D eigenvalue weighted by Gasteiger charge is 2.17. The van der Waals surface area contributed by atoms with E-state index in [9.17, 15) is 0 Å². The minimum atomic E-state index is 0.428. The van der Waals surface area contributed by atoms with Crippen LogP contribution in [-0.4, -0.2) is 48.1 Å². The van der Waals surface area contributed by atoms with Gasteiger partial charge in [0.05, 0.1) is 5.39 Å². The molecule has 0 fully saturated rings. The van der Waals surface area contributed by atoms with Gasteiger partial charge in [-0.2, -0.15) is 0 Å². The van der Waals surface area contributed by atoms with Crippen molar-refractivity contribution in [1.82, 2.24) is 14.9 Å². The summed E-state index contributed by atoms with van der Waals surface area (Å²) in [6, 6.07) is 2.57. The van der Waals surface area contributed by atoms with E-state index in [4.69, 9.17) is 4.98 Å². The summed E-state index contributed by atoms with van der Waals surface area (Å²) in [6.07, 6.45) is 0.875. The second kappa shape index (κ2) is 6.50. The fourth-order valence-electron chi connectivity index (χ4n) is 2.18. The van der Waals surface area contributed by atoms with Crippen molar-refractivity contribution in [2.75, 3.05) is 32.1 Å².